The van der Waals surface area contributed by atoms with Crippen LogP contribution in [0.4, 0.5) is 5.69 Å². The number of rotatable bonds is 7. The molecule has 5 heteroatoms. The van der Waals surface area contributed by atoms with E-state index >= 15 is 0 Å². The maximum Gasteiger partial charge on any atom is 0.283 e. The summed E-state index contributed by atoms with van der Waals surface area (Å²) in [6, 6.07) is 0. The fourth-order valence-corrected chi connectivity index (χ4v) is 2.29. The summed E-state index contributed by atoms with van der Waals surface area (Å²) >= 11 is 3.36. The van der Waals surface area contributed by atoms with E-state index in [1.54, 1.807) is 10.9 Å². The van der Waals surface area contributed by atoms with Gasteiger partial charge >= 0.3 is 0 Å². The fourth-order valence-electron chi connectivity index (χ4n) is 1.84. The minimum Gasteiger partial charge on any atom is -0.383 e. The Kier molecular flexibility index (Phi) is 5.03. The van der Waals surface area contributed by atoms with E-state index in [-0.39, 0.29) is 5.56 Å². The Hall–Kier alpha value is -1.28. The number of anilines is 1. The molecule has 0 saturated heterocycles. The molecule has 1 aliphatic rings. The first-order chi connectivity index (χ1) is 9.22. The van der Waals surface area contributed by atoms with Gasteiger partial charge in [-0.1, -0.05) is 0 Å². The Morgan fingerprint density at radius 2 is 2.32 bits per heavy atom. The normalized spacial score (nSPS) is 14.1. The predicted molar refractivity (Wildman–Crippen MR) is 80.1 cm³/mol. The molecule has 0 atom stereocenters. The van der Waals surface area contributed by atoms with E-state index in [9.17, 15) is 4.79 Å². The van der Waals surface area contributed by atoms with E-state index in [1.165, 1.54) is 12.8 Å². The lowest BCUT2D eigenvalue weighted by Crippen LogP contribution is -2.25. The number of terminal acetylenes is 1. The molecule has 4 nitrogen and oxygen atoms in total. The molecule has 1 aromatic rings. The molecule has 0 aliphatic heterocycles. The van der Waals surface area contributed by atoms with Gasteiger partial charge < -0.3 is 5.32 Å². The summed E-state index contributed by atoms with van der Waals surface area (Å²) in [5.74, 6) is 3.25. The summed E-state index contributed by atoms with van der Waals surface area (Å²) < 4.78 is 2.12. The quantitative estimate of drug-likeness (QED) is 0.619. The molecular weight excluding hydrogens is 306 g/mol. The summed E-state index contributed by atoms with van der Waals surface area (Å²) in [7, 11) is 0. The van der Waals surface area contributed by atoms with Gasteiger partial charge in [0.1, 0.15) is 4.47 Å². The van der Waals surface area contributed by atoms with Crippen molar-refractivity contribution < 1.29 is 0 Å². The molecule has 2 rings (SSSR count). The lowest BCUT2D eigenvalue weighted by atomic mass is 10.2. The number of hydrogen-bond acceptors (Lipinski definition) is 3. The number of nitrogens with zero attached hydrogens (tertiary/aromatic N) is 2. The third-order valence-corrected chi connectivity index (χ3v) is 3.94. The van der Waals surface area contributed by atoms with Crippen LogP contribution >= 0.6 is 15.9 Å². The highest BCUT2D eigenvalue weighted by molar-refractivity contribution is 9.10. The zero-order valence-electron chi connectivity index (χ0n) is 10.9. The van der Waals surface area contributed by atoms with Gasteiger partial charge in [0.05, 0.1) is 11.9 Å². The van der Waals surface area contributed by atoms with Crippen molar-refractivity contribution in [2.24, 2.45) is 5.92 Å². The molecule has 1 fully saturated rings. The van der Waals surface area contributed by atoms with Crippen molar-refractivity contribution in [3.63, 3.8) is 0 Å². The van der Waals surface area contributed by atoms with Crippen LogP contribution in [0.5, 0.6) is 0 Å². The van der Waals surface area contributed by atoms with Gasteiger partial charge in [-0.15, -0.1) is 12.3 Å². The summed E-state index contributed by atoms with van der Waals surface area (Å²) in [5.41, 5.74) is 0.707. The van der Waals surface area contributed by atoms with Crippen LogP contribution in [0.15, 0.2) is 15.5 Å². The van der Waals surface area contributed by atoms with Crippen LogP contribution in [0, 0.1) is 18.3 Å². The molecule has 0 aromatic carbocycles. The molecule has 19 heavy (non-hydrogen) atoms. The lowest BCUT2D eigenvalue weighted by molar-refractivity contribution is 0.532. The second kappa shape index (κ2) is 6.76. The van der Waals surface area contributed by atoms with Crippen LogP contribution in [-0.4, -0.2) is 16.3 Å². The Bertz CT molecular complexity index is 528. The van der Waals surface area contributed by atoms with E-state index in [0.29, 0.717) is 10.4 Å². The Morgan fingerprint density at radius 3 is 3.00 bits per heavy atom. The summed E-state index contributed by atoms with van der Waals surface area (Å²) in [5, 5.41) is 7.43. The molecule has 1 aromatic heterocycles. The van der Waals surface area contributed by atoms with Crippen molar-refractivity contribution in [1.82, 2.24) is 9.78 Å². The Morgan fingerprint density at radius 1 is 1.53 bits per heavy atom. The first kappa shape index (κ1) is 14.1. The molecule has 1 N–H and O–H groups in total. The third kappa shape index (κ3) is 4.10. The standard InChI is InChI=1S/C14H18BrN3O/c1-2-3-4-5-8-16-12-9-17-18(10-11-6-7-11)14(19)13(12)15/h1,9,11,16H,3-8,10H2. The van der Waals surface area contributed by atoms with E-state index < -0.39 is 0 Å². The topological polar surface area (TPSA) is 46.9 Å². The van der Waals surface area contributed by atoms with Crippen LogP contribution in [-0.2, 0) is 6.54 Å². The summed E-state index contributed by atoms with van der Waals surface area (Å²) in [6.07, 6.45) is 12.1. The minimum atomic E-state index is -0.0551. The first-order valence-electron chi connectivity index (χ1n) is 6.65. The van der Waals surface area contributed by atoms with Crippen molar-refractivity contribution in [2.75, 3.05) is 11.9 Å². The maximum atomic E-state index is 12.1. The van der Waals surface area contributed by atoms with Crippen molar-refractivity contribution >= 4 is 21.6 Å². The van der Waals surface area contributed by atoms with E-state index in [0.717, 1.165) is 38.0 Å². The third-order valence-electron chi connectivity index (χ3n) is 3.18. The van der Waals surface area contributed by atoms with E-state index in [4.69, 9.17) is 6.42 Å². The van der Waals surface area contributed by atoms with Crippen LogP contribution in [0.25, 0.3) is 0 Å². The molecule has 102 valence electrons. The van der Waals surface area contributed by atoms with Gasteiger partial charge in [0.15, 0.2) is 0 Å². The Labute approximate surface area is 121 Å². The van der Waals surface area contributed by atoms with Gasteiger partial charge in [0.25, 0.3) is 5.56 Å². The first-order valence-corrected chi connectivity index (χ1v) is 7.44. The molecule has 1 aliphatic carbocycles. The number of aromatic nitrogens is 2. The van der Waals surface area contributed by atoms with Crippen molar-refractivity contribution in [3.8, 4) is 12.3 Å². The summed E-state index contributed by atoms with van der Waals surface area (Å²) in [4.78, 5) is 12.1. The number of halogens is 1. The second-order valence-electron chi connectivity index (χ2n) is 4.89. The smallest absolute Gasteiger partial charge is 0.283 e. The van der Waals surface area contributed by atoms with Gasteiger partial charge in [-0.25, -0.2) is 4.68 Å². The second-order valence-corrected chi connectivity index (χ2v) is 5.68. The molecule has 0 amide bonds. The van der Waals surface area contributed by atoms with Gasteiger partial charge in [0.2, 0.25) is 0 Å². The fraction of sp³-hybridized carbons (Fsp3) is 0.571. The summed E-state index contributed by atoms with van der Waals surface area (Å²) in [6.45, 7) is 1.54. The predicted octanol–water partition coefficient (Wildman–Crippen LogP) is 2.63. The molecule has 1 heterocycles. The van der Waals surface area contributed by atoms with Crippen LogP contribution in [0.1, 0.15) is 32.1 Å². The van der Waals surface area contributed by atoms with Gasteiger partial charge in [0, 0.05) is 19.5 Å². The number of unbranched alkanes of at least 4 members (excludes halogenated alkanes) is 2. The van der Waals surface area contributed by atoms with Crippen LogP contribution in [0.3, 0.4) is 0 Å². The van der Waals surface area contributed by atoms with Crippen LogP contribution in [0.2, 0.25) is 0 Å². The molecule has 0 radical (unpaired) electrons. The van der Waals surface area contributed by atoms with Crippen molar-refractivity contribution in [3.05, 3.63) is 21.0 Å². The zero-order valence-corrected chi connectivity index (χ0v) is 12.4. The van der Waals surface area contributed by atoms with Gasteiger partial charge in [-0.05, 0) is 47.5 Å². The average molecular weight is 324 g/mol. The lowest BCUT2D eigenvalue weighted by Gasteiger charge is -2.09. The largest absolute Gasteiger partial charge is 0.383 e. The van der Waals surface area contributed by atoms with E-state index in [1.807, 2.05) is 0 Å². The number of hydrogen-bond donors (Lipinski definition) is 1. The van der Waals surface area contributed by atoms with Gasteiger partial charge in [-0.2, -0.15) is 5.10 Å². The average Bonchev–Trinajstić information content (AvgIpc) is 3.21. The molecular formula is C14H18BrN3O. The van der Waals surface area contributed by atoms with Crippen LogP contribution < -0.4 is 10.9 Å². The highest BCUT2D eigenvalue weighted by Gasteiger charge is 2.23. The van der Waals surface area contributed by atoms with E-state index in [2.05, 4.69) is 32.3 Å². The highest BCUT2D eigenvalue weighted by atomic mass is 79.9. The Balaban J connectivity index is 1.92. The van der Waals surface area contributed by atoms with Crippen molar-refractivity contribution in [1.29, 1.82) is 0 Å². The zero-order chi connectivity index (χ0) is 13.7. The molecule has 0 spiro atoms. The molecule has 1 saturated carbocycles. The maximum absolute atomic E-state index is 12.1. The van der Waals surface area contributed by atoms with Crippen molar-refractivity contribution in [2.45, 2.75) is 38.6 Å². The minimum absolute atomic E-state index is 0.0551. The molecule has 0 bridgehead atoms. The highest BCUT2D eigenvalue weighted by Crippen LogP contribution is 2.30. The monoisotopic (exact) mass is 323 g/mol. The molecule has 0 unspecified atom stereocenters. The SMILES string of the molecule is C#CCCCCNc1cnn(CC2CC2)c(=O)c1Br. The van der Waals surface area contributed by atoms with Gasteiger partial charge in [-0.3, -0.25) is 4.79 Å². The number of nitrogens with one attached hydrogen (secondary N) is 1.